The summed E-state index contributed by atoms with van der Waals surface area (Å²) in [4.78, 5) is 1.73. The first-order valence-electron chi connectivity index (χ1n) is 5.27. The number of halogens is 3. The zero-order chi connectivity index (χ0) is 13.2. The molecule has 17 heavy (non-hydrogen) atoms. The number of rotatable bonds is 3. The van der Waals surface area contributed by atoms with Gasteiger partial charge in [-0.05, 0) is 37.1 Å². The second kappa shape index (κ2) is 4.96. The van der Waals surface area contributed by atoms with Crippen LogP contribution in [-0.2, 0) is 12.6 Å². The van der Waals surface area contributed by atoms with Gasteiger partial charge in [-0.3, -0.25) is 0 Å². The van der Waals surface area contributed by atoms with Gasteiger partial charge in [-0.15, -0.1) is 0 Å². The van der Waals surface area contributed by atoms with E-state index in [1.54, 1.807) is 19.0 Å². The van der Waals surface area contributed by atoms with E-state index >= 15 is 0 Å². The van der Waals surface area contributed by atoms with Crippen LogP contribution in [0.5, 0.6) is 0 Å². The number of aliphatic hydroxyl groups excluding tert-OH is 1. The second-order valence-electron chi connectivity index (χ2n) is 4.29. The third-order valence-electron chi connectivity index (χ3n) is 2.43. The van der Waals surface area contributed by atoms with Crippen molar-refractivity contribution in [3.63, 3.8) is 0 Å². The van der Waals surface area contributed by atoms with Crippen LogP contribution in [0.1, 0.15) is 18.1 Å². The molecule has 1 aromatic carbocycles. The van der Waals surface area contributed by atoms with E-state index in [0.29, 0.717) is 5.69 Å². The highest BCUT2D eigenvalue weighted by Crippen LogP contribution is 2.34. The molecule has 0 heterocycles. The molecule has 1 rings (SSSR count). The third-order valence-corrected chi connectivity index (χ3v) is 2.43. The predicted molar refractivity (Wildman–Crippen MR) is 61.2 cm³/mol. The molecular formula is C12H16F3NO. The first-order chi connectivity index (χ1) is 7.71. The molecular weight excluding hydrogens is 231 g/mol. The van der Waals surface area contributed by atoms with Crippen LogP contribution in [0.2, 0.25) is 0 Å². The highest BCUT2D eigenvalue weighted by molar-refractivity contribution is 5.50. The lowest BCUT2D eigenvalue weighted by molar-refractivity contribution is -0.138. The van der Waals surface area contributed by atoms with E-state index in [1.165, 1.54) is 19.1 Å². The average Bonchev–Trinajstić information content (AvgIpc) is 2.14. The van der Waals surface area contributed by atoms with E-state index in [0.717, 1.165) is 6.07 Å². The fourth-order valence-electron chi connectivity index (χ4n) is 1.62. The summed E-state index contributed by atoms with van der Waals surface area (Å²) in [5, 5.41) is 9.24. The van der Waals surface area contributed by atoms with Crippen molar-refractivity contribution >= 4 is 5.69 Å². The van der Waals surface area contributed by atoms with E-state index in [4.69, 9.17) is 0 Å². The van der Waals surface area contributed by atoms with Gasteiger partial charge in [0, 0.05) is 19.8 Å². The highest BCUT2D eigenvalue weighted by Gasteiger charge is 2.33. The molecule has 2 nitrogen and oxygen atoms in total. The van der Waals surface area contributed by atoms with Crippen LogP contribution in [0.25, 0.3) is 0 Å². The van der Waals surface area contributed by atoms with E-state index < -0.39 is 17.8 Å². The smallest absolute Gasteiger partial charge is 0.393 e. The minimum absolute atomic E-state index is 0.00345. The standard InChI is InChI=1S/C12H16F3NO/c1-8(17)6-9-7-10(16(2)3)4-5-11(9)12(13,14)15/h4-5,7-8,17H,6H2,1-3H3. The fraction of sp³-hybridized carbons (Fsp3) is 0.500. The minimum Gasteiger partial charge on any atom is -0.393 e. The number of anilines is 1. The van der Waals surface area contributed by atoms with Crippen LogP contribution in [0.3, 0.4) is 0 Å². The van der Waals surface area contributed by atoms with Gasteiger partial charge in [-0.1, -0.05) is 0 Å². The quantitative estimate of drug-likeness (QED) is 0.887. The Bertz CT molecular complexity index is 386. The molecule has 0 aromatic heterocycles. The summed E-state index contributed by atoms with van der Waals surface area (Å²) >= 11 is 0. The maximum atomic E-state index is 12.7. The second-order valence-corrected chi connectivity index (χ2v) is 4.29. The summed E-state index contributed by atoms with van der Waals surface area (Å²) in [6, 6.07) is 3.96. The van der Waals surface area contributed by atoms with Crippen molar-refractivity contribution < 1.29 is 18.3 Å². The molecule has 0 aliphatic heterocycles. The summed E-state index contributed by atoms with van der Waals surface area (Å²) in [7, 11) is 3.52. The van der Waals surface area contributed by atoms with Gasteiger partial charge in [0.15, 0.2) is 0 Å². The number of hydrogen-bond acceptors (Lipinski definition) is 2. The number of benzene rings is 1. The Kier molecular flexibility index (Phi) is 4.03. The highest BCUT2D eigenvalue weighted by atomic mass is 19.4. The van der Waals surface area contributed by atoms with Gasteiger partial charge in [-0.25, -0.2) is 0 Å². The Labute approximate surface area is 98.7 Å². The van der Waals surface area contributed by atoms with Crippen LogP contribution in [-0.4, -0.2) is 25.3 Å². The van der Waals surface area contributed by atoms with Crippen LogP contribution in [0, 0.1) is 0 Å². The third kappa shape index (κ3) is 3.63. The average molecular weight is 247 g/mol. The molecule has 0 saturated carbocycles. The molecule has 0 spiro atoms. The van der Waals surface area contributed by atoms with Crippen LogP contribution < -0.4 is 4.90 Å². The van der Waals surface area contributed by atoms with E-state index in [1.807, 2.05) is 0 Å². The molecule has 0 aliphatic rings. The number of nitrogens with zero attached hydrogens (tertiary/aromatic N) is 1. The van der Waals surface area contributed by atoms with Gasteiger partial charge in [0.2, 0.25) is 0 Å². The zero-order valence-corrected chi connectivity index (χ0v) is 10.0. The van der Waals surface area contributed by atoms with Crippen LogP contribution in [0.15, 0.2) is 18.2 Å². The zero-order valence-electron chi connectivity index (χ0n) is 10.0. The SMILES string of the molecule is CC(O)Cc1cc(N(C)C)ccc1C(F)(F)F. The van der Waals surface area contributed by atoms with Gasteiger partial charge in [0.05, 0.1) is 11.7 Å². The molecule has 1 atom stereocenters. The van der Waals surface area contributed by atoms with E-state index in [2.05, 4.69) is 0 Å². The summed E-state index contributed by atoms with van der Waals surface area (Å²) in [6.07, 6.45) is -5.18. The molecule has 0 amide bonds. The topological polar surface area (TPSA) is 23.5 Å². The van der Waals surface area contributed by atoms with E-state index in [-0.39, 0.29) is 12.0 Å². The van der Waals surface area contributed by atoms with Crippen molar-refractivity contribution in [2.24, 2.45) is 0 Å². The summed E-state index contributed by atoms with van der Waals surface area (Å²) < 4.78 is 38.2. The van der Waals surface area contributed by atoms with Crippen molar-refractivity contribution in [1.82, 2.24) is 0 Å². The molecule has 0 fully saturated rings. The van der Waals surface area contributed by atoms with Crippen molar-refractivity contribution in [3.8, 4) is 0 Å². The molecule has 0 radical (unpaired) electrons. The molecule has 5 heteroatoms. The monoisotopic (exact) mass is 247 g/mol. The van der Waals surface area contributed by atoms with E-state index in [9.17, 15) is 18.3 Å². The van der Waals surface area contributed by atoms with Crippen LogP contribution in [0.4, 0.5) is 18.9 Å². The Balaban J connectivity index is 3.22. The lowest BCUT2D eigenvalue weighted by atomic mass is 10.0. The molecule has 1 N–H and O–H groups in total. The minimum atomic E-state index is -4.38. The molecule has 0 aliphatic carbocycles. The summed E-state index contributed by atoms with van der Waals surface area (Å²) in [5.74, 6) is 0. The molecule has 1 unspecified atom stereocenters. The van der Waals surface area contributed by atoms with Gasteiger partial charge in [0.1, 0.15) is 0 Å². The van der Waals surface area contributed by atoms with Crippen molar-refractivity contribution in [2.75, 3.05) is 19.0 Å². The Morgan fingerprint density at radius 2 is 1.88 bits per heavy atom. The fourth-order valence-corrected chi connectivity index (χ4v) is 1.62. The summed E-state index contributed by atoms with van der Waals surface area (Å²) in [5.41, 5.74) is 0.136. The van der Waals surface area contributed by atoms with Crippen molar-refractivity contribution in [1.29, 1.82) is 0 Å². The normalized spacial score (nSPS) is 13.6. The van der Waals surface area contributed by atoms with Gasteiger partial charge in [-0.2, -0.15) is 13.2 Å². The van der Waals surface area contributed by atoms with Gasteiger partial charge < -0.3 is 10.0 Å². The number of aliphatic hydroxyl groups is 1. The molecule has 96 valence electrons. The lowest BCUT2D eigenvalue weighted by Crippen LogP contribution is -2.16. The molecule has 1 aromatic rings. The maximum Gasteiger partial charge on any atom is 0.416 e. The largest absolute Gasteiger partial charge is 0.416 e. The van der Waals surface area contributed by atoms with Crippen molar-refractivity contribution in [2.45, 2.75) is 25.6 Å². The first kappa shape index (κ1) is 13.8. The van der Waals surface area contributed by atoms with Crippen molar-refractivity contribution in [3.05, 3.63) is 29.3 Å². The Hall–Kier alpha value is -1.23. The Morgan fingerprint density at radius 3 is 2.29 bits per heavy atom. The molecule has 0 bridgehead atoms. The lowest BCUT2D eigenvalue weighted by Gasteiger charge is -2.18. The summed E-state index contributed by atoms with van der Waals surface area (Å²) in [6.45, 7) is 1.47. The predicted octanol–water partition coefficient (Wildman–Crippen LogP) is 2.69. The Morgan fingerprint density at radius 1 is 1.29 bits per heavy atom. The van der Waals surface area contributed by atoms with Gasteiger partial charge >= 0.3 is 6.18 Å². The first-order valence-corrected chi connectivity index (χ1v) is 5.27. The number of hydrogen-bond donors (Lipinski definition) is 1. The van der Waals surface area contributed by atoms with Gasteiger partial charge in [0.25, 0.3) is 0 Å². The molecule has 0 saturated heterocycles. The maximum absolute atomic E-state index is 12.7. The number of alkyl halides is 3. The van der Waals surface area contributed by atoms with Crippen LogP contribution >= 0.6 is 0 Å².